The van der Waals surface area contributed by atoms with Crippen molar-refractivity contribution in [1.29, 1.82) is 5.26 Å². The van der Waals surface area contributed by atoms with Crippen molar-refractivity contribution in [3.63, 3.8) is 0 Å². The third kappa shape index (κ3) is 4.83. The van der Waals surface area contributed by atoms with Gasteiger partial charge in [-0.2, -0.15) is 5.26 Å². The van der Waals surface area contributed by atoms with Crippen LogP contribution in [0.5, 0.6) is 0 Å². The Kier molecular flexibility index (Phi) is 5.83. The molecule has 2 aliphatic rings. The van der Waals surface area contributed by atoms with E-state index in [9.17, 15) is 0 Å². The fraction of sp³-hybridized carbons (Fsp3) is 0.500. The SMILES string of the molecule is CC1=C(/C=C/C(C)=C/C2=CC(=C/C#N)/CCC2)C(C)(C)CCC1. The standard InChI is InChI=1S/C22H29N/c1-17(15-20-9-5-8-19(16-20)12-14-23)10-11-21-18(2)7-6-13-22(21,3)4/h10-12,15-16H,5-9,13H2,1-4H3/b11-10+,17-15+,19-12+. The summed E-state index contributed by atoms with van der Waals surface area (Å²) in [5.41, 5.74) is 7.14. The number of rotatable bonds is 3. The van der Waals surface area contributed by atoms with Crippen LogP contribution < -0.4 is 0 Å². The lowest BCUT2D eigenvalue weighted by Crippen LogP contribution is -2.19. The van der Waals surface area contributed by atoms with Gasteiger partial charge in [0.1, 0.15) is 0 Å². The average molecular weight is 307 g/mol. The first-order chi connectivity index (χ1) is 10.9. The van der Waals surface area contributed by atoms with Crippen molar-refractivity contribution in [3.05, 3.63) is 58.2 Å². The van der Waals surface area contributed by atoms with Gasteiger partial charge < -0.3 is 0 Å². The molecule has 0 heterocycles. The summed E-state index contributed by atoms with van der Waals surface area (Å²) in [5.74, 6) is 0. The minimum atomic E-state index is 0.298. The van der Waals surface area contributed by atoms with E-state index >= 15 is 0 Å². The predicted molar refractivity (Wildman–Crippen MR) is 98.9 cm³/mol. The van der Waals surface area contributed by atoms with Crippen molar-refractivity contribution in [3.8, 4) is 6.07 Å². The van der Waals surface area contributed by atoms with E-state index < -0.39 is 0 Å². The van der Waals surface area contributed by atoms with Gasteiger partial charge in [-0.05, 0) is 74.5 Å². The van der Waals surface area contributed by atoms with Crippen LogP contribution in [0, 0.1) is 16.7 Å². The molecule has 0 unspecified atom stereocenters. The van der Waals surface area contributed by atoms with E-state index in [4.69, 9.17) is 5.26 Å². The van der Waals surface area contributed by atoms with Crippen LogP contribution in [0.2, 0.25) is 0 Å². The van der Waals surface area contributed by atoms with Crippen molar-refractivity contribution in [1.82, 2.24) is 0 Å². The summed E-state index contributed by atoms with van der Waals surface area (Å²) in [6, 6.07) is 2.15. The molecule has 0 aliphatic heterocycles. The Balaban J connectivity index is 2.17. The first kappa shape index (κ1) is 17.5. The third-order valence-electron chi connectivity index (χ3n) is 5.02. The minimum absolute atomic E-state index is 0.298. The molecule has 0 bridgehead atoms. The number of nitriles is 1. The van der Waals surface area contributed by atoms with Crippen LogP contribution in [0.25, 0.3) is 0 Å². The van der Waals surface area contributed by atoms with Crippen LogP contribution >= 0.6 is 0 Å². The molecule has 0 aromatic carbocycles. The van der Waals surface area contributed by atoms with E-state index in [2.05, 4.69) is 58.1 Å². The molecular formula is C22H29N. The van der Waals surface area contributed by atoms with Crippen molar-refractivity contribution in [2.24, 2.45) is 5.41 Å². The summed E-state index contributed by atoms with van der Waals surface area (Å²) >= 11 is 0. The normalized spacial score (nSPS) is 24.0. The van der Waals surface area contributed by atoms with Crippen LogP contribution in [0.4, 0.5) is 0 Å². The second-order valence-corrected chi connectivity index (χ2v) is 7.57. The van der Waals surface area contributed by atoms with Crippen molar-refractivity contribution in [2.75, 3.05) is 0 Å². The zero-order chi connectivity index (χ0) is 16.9. The molecule has 0 radical (unpaired) electrons. The summed E-state index contributed by atoms with van der Waals surface area (Å²) in [6.07, 6.45) is 17.8. The molecule has 0 saturated heterocycles. The first-order valence-electron chi connectivity index (χ1n) is 8.78. The van der Waals surface area contributed by atoms with Gasteiger partial charge in [-0.25, -0.2) is 0 Å². The van der Waals surface area contributed by atoms with Gasteiger partial charge in [0.15, 0.2) is 0 Å². The third-order valence-corrected chi connectivity index (χ3v) is 5.02. The fourth-order valence-corrected chi connectivity index (χ4v) is 3.76. The molecule has 0 fully saturated rings. The lowest BCUT2D eigenvalue weighted by atomic mass is 9.72. The zero-order valence-electron chi connectivity index (χ0n) is 15.1. The summed E-state index contributed by atoms with van der Waals surface area (Å²) in [4.78, 5) is 0. The number of allylic oxidation sites excluding steroid dienone is 10. The van der Waals surface area contributed by atoms with E-state index in [0.717, 1.165) is 24.8 Å². The highest BCUT2D eigenvalue weighted by molar-refractivity contribution is 5.41. The molecule has 23 heavy (non-hydrogen) atoms. The van der Waals surface area contributed by atoms with Gasteiger partial charge in [0.2, 0.25) is 0 Å². The Bertz CT molecular complexity index is 642. The summed E-state index contributed by atoms with van der Waals surface area (Å²) in [7, 11) is 0. The van der Waals surface area contributed by atoms with E-state index in [1.54, 1.807) is 11.6 Å². The van der Waals surface area contributed by atoms with Gasteiger partial charge >= 0.3 is 0 Å². The van der Waals surface area contributed by atoms with Crippen LogP contribution in [-0.2, 0) is 0 Å². The maximum Gasteiger partial charge on any atom is 0.0914 e. The second kappa shape index (κ2) is 7.64. The molecule has 2 rings (SSSR count). The van der Waals surface area contributed by atoms with Crippen LogP contribution in [0.3, 0.4) is 0 Å². The minimum Gasteiger partial charge on any atom is -0.193 e. The van der Waals surface area contributed by atoms with Gasteiger partial charge in [0.05, 0.1) is 6.07 Å². The predicted octanol–water partition coefficient (Wildman–Crippen LogP) is 6.58. The number of hydrogen-bond donors (Lipinski definition) is 0. The van der Waals surface area contributed by atoms with E-state index in [-0.39, 0.29) is 0 Å². The van der Waals surface area contributed by atoms with Crippen LogP contribution in [0.15, 0.2) is 58.2 Å². The summed E-state index contributed by atoms with van der Waals surface area (Å²) < 4.78 is 0. The van der Waals surface area contributed by atoms with Gasteiger partial charge in [0.25, 0.3) is 0 Å². The maximum atomic E-state index is 8.80. The molecule has 0 N–H and O–H groups in total. The summed E-state index contributed by atoms with van der Waals surface area (Å²) in [6.45, 7) is 9.17. The van der Waals surface area contributed by atoms with Crippen molar-refractivity contribution >= 4 is 0 Å². The second-order valence-electron chi connectivity index (χ2n) is 7.57. The molecule has 0 amide bonds. The first-order valence-corrected chi connectivity index (χ1v) is 8.78. The maximum absolute atomic E-state index is 8.80. The molecule has 122 valence electrons. The molecule has 1 nitrogen and oxygen atoms in total. The van der Waals surface area contributed by atoms with E-state index in [0.29, 0.717) is 5.41 Å². The van der Waals surface area contributed by atoms with Gasteiger partial charge in [-0.3, -0.25) is 0 Å². The highest BCUT2D eigenvalue weighted by Gasteiger charge is 2.26. The Morgan fingerprint density at radius 1 is 1.22 bits per heavy atom. The average Bonchev–Trinajstić information content (AvgIpc) is 2.46. The lowest BCUT2D eigenvalue weighted by Gasteiger charge is -2.33. The lowest BCUT2D eigenvalue weighted by molar-refractivity contribution is 0.377. The summed E-state index contributed by atoms with van der Waals surface area (Å²) in [5, 5.41) is 8.80. The van der Waals surface area contributed by atoms with E-state index in [1.165, 1.54) is 36.0 Å². The van der Waals surface area contributed by atoms with Gasteiger partial charge in [0, 0.05) is 6.08 Å². The monoisotopic (exact) mass is 307 g/mol. The van der Waals surface area contributed by atoms with E-state index in [1.807, 2.05) is 0 Å². The Hall–Kier alpha value is -1.81. The Morgan fingerprint density at radius 2 is 2.00 bits per heavy atom. The molecule has 2 aliphatic carbocycles. The number of nitrogens with zero attached hydrogens (tertiary/aromatic N) is 1. The topological polar surface area (TPSA) is 23.8 Å². The largest absolute Gasteiger partial charge is 0.193 e. The molecule has 0 aromatic rings. The number of hydrogen-bond acceptors (Lipinski definition) is 1. The quantitative estimate of drug-likeness (QED) is 0.427. The van der Waals surface area contributed by atoms with Crippen LogP contribution in [-0.4, -0.2) is 0 Å². The molecule has 0 aromatic heterocycles. The van der Waals surface area contributed by atoms with Crippen molar-refractivity contribution < 1.29 is 0 Å². The molecule has 0 spiro atoms. The molecule has 0 saturated carbocycles. The Labute approximate surface area is 141 Å². The van der Waals surface area contributed by atoms with Gasteiger partial charge in [-0.1, -0.05) is 49.3 Å². The highest BCUT2D eigenvalue weighted by Crippen LogP contribution is 2.40. The highest BCUT2D eigenvalue weighted by atomic mass is 14.3. The fourth-order valence-electron chi connectivity index (χ4n) is 3.76. The smallest absolute Gasteiger partial charge is 0.0914 e. The van der Waals surface area contributed by atoms with Crippen molar-refractivity contribution in [2.45, 2.75) is 66.2 Å². The zero-order valence-corrected chi connectivity index (χ0v) is 15.1. The molecule has 1 heteroatoms. The molecule has 0 atom stereocenters. The molecular weight excluding hydrogens is 278 g/mol. The van der Waals surface area contributed by atoms with Crippen LogP contribution in [0.1, 0.15) is 66.2 Å². The Morgan fingerprint density at radius 3 is 2.70 bits per heavy atom. The van der Waals surface area contributed by atoms with Gasteiger partial charge in [-0.15, -0.1) is 0 Å².